The van der Waals surface area contributed by atoms with Crippen molar-refractivity contribution in [2.45, 2.75) is 39.2 Å². The first kappa shape index (κ1) is 15.8. The van der Waals surface area contributed by atoms with Crippen LogP contribution >= 0.6 is 12.2 Å². The predicted molar refractivity (Wildman–Crippen MR) is 87.5 cm³/mol. The van der Waals surface area contributed by atoms with E-state index in [4.69, 9.17) is 12.2 Å². The van der Waals surface area contributed by atoms with E-state index in [1.807, 2.05) is 18.7 Å². The van der Waals surface area contributed by atoms with Gasteiger partial charge in [0.2, 0.25) is 0 Å². The standard InChI is InChI=1S/C14H23N5OS/c1-10(2)16-14(21)17-11-9-15-18(3)12(11)13(20)19-7-5-4-6-8-19/h9-10H,4-8H2,1-3H3,(H2,16,17,21). The third kappa shape index (κ3) is 3.93. The lowest BCUT2D eigenvalue weighted by atomic mass is 10.1. The molecule has 0 saturated carbocycles. The molecule has 0 aromatic carbocycles. The number of carbonyl (C=O) groups is 1. The number of rotatable bonds is 3. The maximum absolute atomic E-state index is 12.7. The monoisotopic (exact) mass is 309 g/mol. The van der Waals surface area contributed by atoms with E-state index < -0.39 is 0 Å². The summed E-state index contributed by atoms with van der Waals surface area (Å²) in [4.78, 5) is 14.6. The van der Waals surface area contributed by atoms with E-state index in [1.165, 1.54) is 6.42 Å². The Morgan fingerprint density at radius 2 is 2.00 bits per heavy atom. The van der Waals surface area contributed by atoms with E-state index in [1.54, 1.807) is 17.9 Å². The van der Waals surface area contributed by atoms with Gasteiger partial charge >= 0.3 is 0 Å². The molecule has 1 saturated heterocycles. The van der Waals surface area contributed by atoms with Crippen LogP contribution in [0.15, 0.2) is 6.20 Å². The number of thiocarbonyl (C=S) groups is 1. The molecule has 1 aromatic rings. The summed E-state index contributed by atoms with van der Waals surface area (Å²) < 4.78 is 1.61. The van der Waals surface area contributed by atoms with Gasteiger partial charge in [-0.05, 0) is 45.3 Å². The molecule has 1 aromatic heterocycles. The Morgan fingerprint density at radius 3 is 2.62 bits per heavy atom. The minimum Gasteiger partial charge on any atom is -0.360 e. The van der Waals surface area contributed by atoms with Gasteiger partial charge in [0.05, 0.1) is 11.9 Å². The quantitative estimate of drug-likeness (QED) is 0.833. The van der Waals surface area contributed by atoms with Gasteiger partial charge in [-0.2, -0.15) is 5.10 Å². The molecule has 0 bridgehead atoms. The molecule has 1 fully saturated rings. The summed E-state index contributed by atoms with van der Waals surface area (Å²) in [6.45, 7) is 5.66. The number of aryl methyl sites for hydroxylation is 1. The Morgan fingerprint density at radius 1 is 1.33 bits per heavy atom. The smallest absolute Gasteiger partial charge is 0.274 e. The van der Waals surface area contributed by atoms with Crippen molar-refractivity contribution in [1.82, 2.24) is 20.0 Å². The summed E-state index contributed by atoms with van der Waals surface area (Å²) >= 11 is 5.24. The molecular formula is C14H23N5OS. The van der Waals surface area contributed by atoms with Crippen LogP contribution in [0.5, 0.6) is 0 Å². The van der Waals surface area contributed by atoms with Gasteiger partial charge in [0, 0.05) is 26.2 Å². The zero-order chi connectivity index (χ0) is 15.4. The van der Waals surface area contributed by atoms with Crippen LogP contribution in [0, 0.1) is 0 Å². The van der Waals surface area contributed by atoms with E-state index in [9.17, 15) is 4.79 Å². The summed E-state index contributed by atoms with van der Waals surface area (Å²) in [5.41, 5.74) is 1.22. The van der Waals surface area contributed by atoms with Gasteiger partial charge in [-0.15, -0.1) is 0 Å². The van der Waals surface area contributed by atoms with Crippen LogP contribution in [0.3, 0.4) is 0 Å². The molecule has 0 atom stereocenters. The molecule has 6 nitrogen and oxygen atoms in total. The minimum atomic E-state index is 0.0181. The molecule has 2 rings (SSSR count). The molecule has 1 amide bonds. The lowest BCUT2D eigenvalue weighted by Gasteiger charge is -2.27. The molecule has 21 heavy (non-hydrogen) atoms. The maximum Gasteiger partial charge on any atom is 0.274 e. The molecule has 0 unspecified atom stereocenters. The highest BCUT2D eigenvalue weighted by molar-refractivity contribution is 7.80. The summed E-state index contributed by atoms with van der Waals surface area (Å²) in [7, 11) is 1.78. The number of nitrogens with zero attached hydrogens (tertiary/aromatic N) is 3. The fourth-order valence-corrected chi connectivity index (χ4v) is 2.80. The summed E-state index contributed by atoms with van der Waals surface area (Å²) in [5.74, 6) is 0.0181. The van der Waals surface area contributed by atoms with Gasteiger partial charge in [0.1, 0.15) is 5.69 Å². The number of anilines is 1. The summed E-state index contributed by atoms with van der Waals surface area (Å²) in [6.07, 6.45) is 4.98. The first-order valence-electron chi connectivity index (χ1n) is 7.38. The molecular weight excluding hydrogens is 286 g/mol. The van der Waals surface area contributed by atoms with Crippen LogP contribution in [0.2, 0.25) is 0 Å². The Kier molecular flexibility index (Phi) is 5.17. The molecule has 0 spiro atoms. The molecule has 0 radical (unpaired) electrons. The van der Waals surface area contributed by atoms with Crippen molar-refractivity contribution in [3.63, 3.8) is 0 Å². The SMILES string of the molecule is CC(C)NC(=S)Nc1cnn(C)c1C(=O)N1CCCCC1. The van der Waals surface area contributed by atoms with E-state index in [2.05, 4.69) is 15.7 Å². The summed E-state index contributed by atoms with van der Waals surface area (Å²) in [5, 5.41) is 10.9. The molecule has 116 valence electrons. The second-order valence-corrected chi connectivity index (χ2v) is 6.04. The van der Waals surface area contributed by atoms with Crippen molar-refractivity contribution in [2.24, 2.45) is 7.05 Å². The Labute approximate surface area is 130 Å². The Hall–Kier alpha value is -1.63. The third-order valence-corrected chi connectivity index (χ3v) is 3.67. The Balaban J connectivity index is 2.13. The van der Waals surface area contributed by atoms with Gasteiger partial charge in [-0.25, -0.2) is 0 Å². The highest BCUT2D eigenvalue weighted by Gasteiger charge is 2.24. The van der Waals surface area contributed by atoms with Crippen molar-refractivity contribution in [3.8, 4) is 0 Å². The number of amides is 1. The zero-order valence-electron chi connectivity index (χ0n) is 12.8. The second kappa shape index (κ2) is 6.89. The molecule has 2 heterocycles. The van der Waals surface area contributed by atoms with Gasteiger partial charge in [-0.3, -0.25) is 9.48 Å². The van der Waals surface area contributed by atoms with Gasteiger partial charge < -0.3 is 15.5 Å². The summed E-state index contributed by atoms with van der Waals surface area (Å²) in [6, 6.07) is 0.239. The average Bonchev–Trinajstić information content (AvgIpc) is 2.79. The molecule has 1 aliphatic heterocycles. The molecule has 2 N–H and O–H groups in total. The molecule has 1 aliphatic rings. The highest BCUT2D eigenvalue weighted by Crippen LogP contribution is 2.19. The van der Waals surface area contributed by atoms with Crippen molar-refractivity contribution < 1.29 is 4.79 Å². The average molecular weight is 309 g/mol. The van der Waals surface area contributed by atoms with Crippen molar-refractivity contribution >= 4 is 28.9 Å². The third-order valence-electron chi connectivity index (χ3n) is 3.45. The fourth-order valence-electron chi connectivity index (χ4n) is 2.45. The van der Waals surface area contributed by atoms with Crippen LogP contribution in [-0.4, -0.2) is 44.8 Å². The van der Waals surface area contributed by atoms with Crippen molar-refractivity contribution in [3.05, 3.63) is 11.9 Å². The number of carbonyl (C=O) groups excluding carboxylic acids is 1. The lowest BCUT2D eigenvalue weighted by molar-refractivity contribution is 0.0714. The number of likely N-dealkylation sites (tertiary alicyclic amines) is 1. The molecule has 0 aliphatic carbocycles. The highest BCUT2D eigenvalue weighted by atomic mass is 32.1. The first-order valence-corrected chi connectivity index (χ1v) is 7.78. The van der Waals surface area contributed by atoms with E-state index in [-0.39, 0.29) is 11.9 Å². The minimum absolute atomic E-state index is 0.0181. The lowest BCUT2D eigenvalue weighted by Crippen LogP contribution is -2.38. The number of hydrogen-bond donors (Lipinski definition) is 2. The molecule has 7 heteroatoms. The van der Waals surface area contributed by atoms with E-state index in [0.717, 1.165) is 25.9 Å². The van der Waals surface area contributed by atoms with E-state index in [0.29, 0.717) is 16.5 Å². The number of piperidine rings is 1. The topological polar surface area (TPSA) is 62.2 Å². The number of nitrogens with one attached hydrogen (secondary N) is 2. The van der Waals surface area contributed by atoms with E-state index >= 15 is 0 Å². The second-order valence-electron chi connectivity index (χ2n) is 5.64. The maximum atomic E-state index is 12.7. The zero-order valence-corrected chi connectivity index (χ0v) is 13.7. The van der Waals surface area contributed by atoms with Gasteiger partial charge in [0.15, 0.2) is 5.11 Å². The number of aromatic nitrogens is 2. The van der Waals surface area contributed by atoms with Crippen LogP contribution in [0.4, 0.5) is 5.69 Å². The van der Waals surface area contributed by atoms with Crippen molar-refractivity contribution in [2.75, 3.05) is 18.4 Å². The van der Waals surface area contributed by atoms with Crippen LogP contribution < -0.4 is 10.6 Å². The van der Waals surface area contributed by atoms with Crippen LogP contribution in [-0.2, 0) is 7.05 Å². The Bertz CT molecular complexity index is 519. The van der Waals surface area contributed by atoms with Crippen LogP contribution in [0.25, 0.3) is 0 Å². The first-order chi connectivity index (χ1) is 9.99. The number of hydrogen-bond acceptors (Lipinski definition) is 3. The van der Waals surface area contributed by atoms with Crippen LogP contribution in [0.1, 0.15) is 43.6 Å². The van der Waals surface area contributed by atoms with Crippen molar-refractivity contribution in [1.29, 1.82) is 0 Å². The predicted octanol–water partition coefficient (Wildman–Crippen LogP) is 1.74. The van der Waals surface area contributed by atoms with Gasteiger partial charge in [-0.1, -0.05) is 0 Å². The normalized spacial score (nSPS) is 15.1. The fraction of sp³-hybridized carbons (Fsp3) is 0.643. The van der Waals surface area contributed by atoms with Gasteiger partial charge in [0.25, 0.3) is 5.91 Å². The largest absolute Gasteiger partial charge is 0.360 e.